The fourth-order valence-corrected chi connectivity index (χ4v) is 1.81. The Morgan fingerprint density at radius 1 is 1.25 bits per heavy atom. The number of carbonyl (C=O) groups is 2. The number of nitrogens with one attached hydrogen (secondary N) is 1. The summed E-state index contributed by atoms with van der Waals surface area (Å²) in [6, 6.07) is 6.49. The van der Waals surface area contributed by atoms with Gasteiger partial charge in [0.15, 0.2) is 5.78 Å². The normalized spacial score (nSPS) is 12.4. The SMILES string of the molecule is Cc1ccc(C(=O)C(CC(=O)O)NCCN(C)C)cc1. The standard InChI is InChI=1S/C15H22N2O3/c1-11-4-6-12(7-5-11)15(20)13(10-14(18)19)16-8-9-17(2)3/h4-7,13,16H,8-10H2,1-3H3,(H,18,19). The molecule has 5 heteroatoms. The third-order valence-corrected chi connectivity index (χ3v) is 2.98. The zero-order valence-electron chi connectivity index (χ0n) is 12.2. The molecule has 0 aliphatic carbocycles. The Hall–Kier alpha value is -1.72. The highest BCUT2D eigenvalue weighted by Crippen LogP contribution is 2.08. The number of hydrogen-bond acceptors (Lipinski definition) is 4. The largest absolute Gasteiger partial charge is 0.481 e. The van der Waals surface area contributed by atoms with Gasteiger partial charge < -0.3 is 15.3 Å². The van der Waals surface area contributed by atoms with Crippen molar-refractivity contribution >= 4 is 11.8 Å². The molecule has 1 aromatic rings. The first kappa shape index (κ1) is 16.3. The van der Waals surface area contributed by atoms with E-state index in [1.54, 1.807) is 12.1 Å². The number of aryl methyl sites for hydroxylation is 1. The molecule has 2 N–H and O–H groups in total. The van der Waals surface area contributed by atoms with Crippen molar-refractivity contribution in [2.24, 2.45) is 0 Å². The Labute approximate surface area is 119 Å². The molecule has 1 rings (SSSR count). The fourth-order valence-electron chi connectivity index (χ4n) is 1.81. The van der Waals surface area contributed by atoms with E-state index in [9.17, 15) is 9.59 Å². The van der Waals surface area contributed by atoms with Gasteiger partial charge in [-0.2, -0.15) is 0 Å². The van der Waals surface area contributed by atoms with Crippen LogP contribution in [0.25, 0.3) is 0 Å². The smallest absolute Gasteiger partial charge is 0.305 e. The maximum Gasteiger partial charge on any atom is 0.305 e. The predicted octanol–water partition coefficient (Wildman–Crippen LogP) is 1.17. The summed E-state index contributed by atoms with van der Waals surface area (Å²) in [5.74, 6) is -1.15. The van der Waals surface area contributed by atoms with E-state index in [2.05, 4.69) is 5.32 Å². The molecule has 0 aliphatic rings. The van der Waals surface area contributed by atoms with Gasteiger partial charge >= 0.3 is 5.97 Å². The average Bonchev–Trinajstić information content (AvgIpc) is 2.37. The van der Waals surface area contributed by atoms with Gasteiger partial charge in [-0.15, -0.1) is 0 Å². The van der Waals surface area contributed by atoms with E-state index < -0.39 is 12.0 Å². The number of rotatable bonds is 8. The van der Waals surface area contributed by atoms with Crippen LogP contribution >= 0.6 is 0 Å². The molecular formula is C15H22N2O3. The van der Waals surface area contributed by atoms with E-state index in [0.717, 1.165) is 12.1 Å². The number of aliphatic carboxylic acids is 1. The summed E-state index contributed by atoms with van der Waals surface area (Å²) in [5.41, 5.74) is 1.61. The lowest BCUT2D eigenvalue weighted by atomic mass is 10.0. The molecule has 1 unspecified atom stereocenters. The monoisotopic (exact) mass is 278 g/mol. The lowest BCUT2D eigenvalue weighted by molar-refractivity contribution is -0.137. The summed E-state index contributed by atoms with van der Waals surface area (Å²) in [7, 11) is 3.85. The molecule has 0 radical (unpaired) electrons. The molecule has 0 saturated heterocycles. The van der Waals surface area contributed by atoms with Crippen molar-refractivity contribution in [2.75, 3.05) is 27.2 Å². The van der Waals surface area contributed by atoms with Crippen LogP contribution in [0.2, 0.25) is 0 Å². The lowest BCUT2D eigenvalue weighted by Crippen LogP contribution is -2.41. The minimum Gasteiger partial charge on any atom is -0.481 e. The van der Waals surface area contributed by atoms with Crippen molar-refractivity contribution in [3.05, 3.63) is 35.4 Å². The summed E-state index contributed by atoms with van der Waals surface area (Å²) in [4.78, 5) is 25.2. The Morgan fingerprint density at radius 3 is 2.35 bits per heavy atom. The molecule has 1 atom stereocenters. The van der Waals surface area contributed by atoms with Crippen LogP contribution in [0.1, 0.15) is 22.3 Å². The molecule has 110 valence electrons. The molecule has 0 fully saturated rings. The topological polar surface area (TPSA) is 69.6 Å². The van der Waals surface area contributed by atoms with Gasteiger partial charge in [-0.3, -0.25) is 9.59 Å². The Morgan fingerprint density at radius 2 is 1.85 bits per heavy atom. The molecule has 1 aromatic carbocycles. The summed E-state index contributed by atoms with van der Waals surface area (Å²) in [5, 5.41) is 12.0. The number of nitrogens with zero attached hydrogens (tertiary/aromatic N) is 1. The molecule has 0 heterocycles. The van der Waals surface area contributed by atoms with Gasteiger partial charge in [-0.25, -0.2) is 0 Å². The molecule has 5 nitrogen and oxygen atoms in total. The van der Waals surface area contributed by atoms with Crippen LogP contribution in [0.4, 0.5) is 0 Å². The van der Waals surface area contributed by atoms with E-state index in [1.807, 2.05) is 38.1 Å². The second kappa shape index (κ2) is 7.77. The lowest BCUT2D eigenvalue weighted by Gasteiger charge is -2.17. The van der Waals surface area contributed by atoms with Gasteiger partial charge in [-0.1, -0.05) is 29.8 Å². The number of carboxylic acid groups (broad SMARTS) is 1. The molecule has 0 amide bonds. The van der Waals surface area contributed by atoms with E-state index in [1.165, 1.54) is 0 Å². The van der Waals surface area contributed by atoms with Gasteiger partial charge in [-0.05, 0) is 21.0 Å². The fraction of sp³-hybridized carbons (Fsp3) is 0.467. The van der Waals surface area contributed by atoms with Gasteiger partial charge in [0.25, 0.3) is 0 Å². The van der Waals surface area contributed by atoms with Crippen LogP contribution in [0, 0.1) is 6.92 Å². The quantitative estimate of drug-likeness (QED) is 0.699. The van der Waals surface area contributed by atoms with Gasteiger partial charge in [0.05, 0.1) is 12.5 Å². The predicted molar refractivity (Wildman–Crippen MR) is 78.1 cm³/mol. The first-order valence-electron chi connectivity index (χ1n) is 6.61. The Kier molecular flexibility index (Phi) is 6.35. The number of carbonyl (C=O) groups excluding carboxylic acids is 1. The van der Waals surface area contributed by atoms with Crippen molar-refractivity contribution in [1.82, 2.24) is 10.2 Å². The van der Waals surface area contributed by atoms with Crippen LogP contribution < -0.4 is 5.32 Å². The van der Waals surface area contributed by atoms with Gasteiger partial charge in [0.2, 0.25) is 0 Å². The number of likely N-dealkylation sites (N-methyl/N-ethyl adjacent to an activating group) is 1. The number of Topliss-reactive ketones (excluding diaryl/α,β-unsaturated/α-hetero) is 1. The van der Waals surface area contributed by atoms with Crippen LogP contribution in [-0.2, 0) is 4.79 Å². The van der Waals surface area contributed by atoms with E-state index in [4.69, 9.17) is 5.11 Å². The van der Waals surface area contributed by atoms with Crippen LogP contribution in [0.5, 0.6) is 0 Å². The third-order valence-electron chi connectivity index (χ3n) is 2.98. The molecule has 20 heavy (non-hydrogen) atoms. The summed E-state index contributed by atoms with van der Waals surface area (Å²) in [6.07, 6.45) is -0.208. The summed E-state index contributed by atoms with van der Waals surface area (Å²) < 4.78 is 0. The van der Waals surface area contributed by atoms with Crippen molar-refractivity contribution in [1.29, 1.82) is 0 Å². The van der Waals surface area contributed by atoms with Gasteiger partial charge in [0, 0.05) is 18.7 Å². The second-order valence-corrected chi connectivity index (χ2v) is 5.14. The first-order chi connectivity index (χ1) is 9.40. The third kappa shape index (κ3) is 5.50. The Balaban J connectivity index is 2.73. The number of carboxylic acids is 1. The molecular weight excluding hydrogens is 256 g/mol. The molecule has 0 spiro atoms. The highest BCUT2D eigenvalue weighted by molar-refractivity contribution is 6.01. The van der Waals surface area contributed by atoms with Crippen molar-refractivity contribution in [3.8, 4) is 0 Å². The van der Waals surface area contributed by atoms with Crippen molar-refractivity contribution in [3.63, 3.8) is 0 Å². The average molecular weight is 278 g/mol. The minimum atomic E-state index is -0.979. The summed E-state index contributed by atoms with van der Waals surface area (Å²) >= 11 is 0. The number of hydrogen-bond donors (Lipinski definition) is 2. The number of ketones is 1. The zero-order valence-corrected chi connectivity index (χ0v) is 12.2. The highest BCUT2D eigenvalue weighted by Gasteiger charge is 2.22. The van der Waals surface area contributed by atoms with Crippen LogP contribution in [0.3, 0.4) is 0 Å². The minimum absolute atomic E-state index is 0.175. The van der Waals surface area contributed by atoms with E-state index >= 15 is 0 Å². The maximum atomic E-state index is 12.3. The summed E-state index contributed by atoms with van der Waals surface area (Å²) in [6.45, 7) is 3.26. The zero-order chi connectivity index (χ0) is 15.1. The Bertz CT molecular complexity index is 455. The first-order valence-corrected chi connectivity index (χ1v) is 6.61. The second-order valence-electron chi connectivity index (χ2n) is 5.14. The molecule has 0 aromatic heterocycles. The molecule has 0 bridgehead atoms. The highest BCUT2D eigenvalue weighted by atomic mass is 16.4. The van der Waals surface area contributed by atoms with Crippen LogP contribution in [0.15, 0.2) is 24.3 Å². The van der Waals surface area contributed by atoms with Gasteiger partial charge in [0.1, 0.15) is 0 Å². The van der Waals surface area contributed by atoms with Crippen molar-refractivity contribution < 1.29 is 14.7 Å². The van der Waals surface area contributed by atoms with E-state index in [-0.39, 0.29) is 12.2 Å². The molecule has 0 saturated carbocycles. The molecule has 0 aliphatic heterocycles. The maximum absolute atomic E-state index is 12.3. The van der Waals surface area contributed by atoms with E-state index in [0.29, 0.717) is 12.1 Å². The number of benzene rings is 1. The van der Waals surface area contributed by atoms with Crippen LogP contribution in [-0.4, -0.2) is 55.0 Å². The van der Waals surface area contributed by atoms with Crippen molar-refractivity contribution in [2.45, 2.75) is 19.4 Å².